The molecule has 154 valence electrons. The van der Waals surface area contributed by atoms with E-state index in [2.05, 4.69) is 79.1 Å². The van der Waals surface area contributed by atoms with Crippen LogP contribution in [-0.2, 0) is 17.4 Å². The molecular formula is C23H37N3OSi. The van der Waals surface area contributed by atoms with Crippen LogP contribution >= 0.6 is 0 Å². The summed E-state index contributed by atoms with van der Waals surface area (Å²) in [6.07, 6.45) is 5.65. The summed E-state index contributed by atoms with van der Waals surface area (Å²) in [6.45, 7) is 15.8. The van der Waals surface area contributed by atoms with Crippen LogP contribution < -0.4 is 0 Å². The lowest BCUT2D eigenvalue weighted by atomic mass is 10.1. The number of likely N-dealkylation sites (tertiary alicyclic amines) is 1. The van der Waals surface area contributed by atoms with Gasteiger partial charge in [-0.1, -0.05) is 51.1 Å². The molecule has 1 aromatic heterocycles. The predicted molar refractivity (Wildman–Crippen MR) is 119 cm³/mol. The summed E-state index contributed by atoms with van der Waals surface area (Å²) < 4.78 is 6.79. The van der Waals surface area contributed by atoms with Crippen LogP contribution in [0.3, 0.4) is 0 Å². The predicted octanol–water partition coefficient (Wildman–Crippen LogP) is 5.32. The van der Waals surface area contributed by atoms with Crippen molar-refractivity contribution in [2.75, 3.05) is 6.54 Å². The van der Waals surface area contributed by atoms with Gasteiger partial charge in [-0.05, 0) is 49.9 Å². The van der Waals surface area contributed by atoms with Crippen LogP contribution in [0.2, 0.25) is 18.1 Å². The molecule has 1 N–H and O–H groups in total. The number of aryl methyl sites for hydroxylation is 2. The summed E-state index contributed by atoms with van der Waals surface area (Å²) in [4.78, 5) is 10.4. The highest BCUT2D eigenvalue weighted by atomic mass is 28.4. The van der Waals surface area contributed by atoms with Crippen molar-refractivity contribution in [2.45, 2.75) is 83.8 Å². The second kappa shape index (κ2) is 8.52. The number of aromatic amines is 1. The van der Waals surface area contributed by atoms with Gasteiger partial charge < -0.3 is 9.41 Å². The maximum atomic E-state index is 6.79. The minimum Gasteiger partial charge on any atom is -0.413 e. The maximum Gasteiger partial charge on any atom is 0.192 e. The fraction of sp³-hybridized carbons (Fsp3) is 0.609. The van der Waals surface area contributed by atoms with Gasteiger partial charge in [-0.3, -0.25) is 4.90 Å². The van der Waals surface area contributed by atoms with Gasteiger partial charge in [0.2, 0.25) is 0 Å². The fourth-order valence-electron chi connectivity index (χ4n) is 3.85. The van der Waals surface area contributed by atoms with Gasteiger partial charge in [0.15, 0.2) is 8.32 Å². The molecule has 1 fully saturated rings. The Morgan fingerprint density at radius 1 is 1.21 bits per heavy atom. The molecule has 0 bridgehead atoms. The number of H-pyrrole nitrogens is 1. The Kier molecular flexibility index (Phi) is 6.47. The number of hydrogen-bond donors (Lipinski definition) is 1. The summed E-state index contributed by atoms with van der Waals surface area (Å²) in [5.41, 5.74) is 2.63. The Morgan fingerprint density at radius 3 is 2.54 bits per heavy atom. The van der Waals surface area contributed by atoms with Gasteiger partial charge in [-0.2, -0.15) is 0 Å². The first-order valence-corrected chi connectivity index (χ1v) is 13.5. The van der Waals surface area contributed by atoms with Crippen molar-refractivity contribution in [1.82, 2.24) is 14.9 Å². The lowest BCUT2D eigenvalue weighted by Crippen LogP contribution is -2.44. The Labute approximate surface area is 171 Å². The van der Waals surface area contributed by atoms with Crippen molar-refractivity contribution in [3.05, 3.63) is 53.6 Å². The van der Waals surface area contributed by atoms with Crippen molar-refractivity contribution in [1.29, 1.82) is 0 Å². The first-order chi connectivity index (χ1) is 13.1. The monoisotopic (exact) mass is 399 g/mol. The minimum atomic E-state index is -1.75. The smallest absolute Gasteiger partial charge is 0.192 e. The molecule has 0 spiro atoms. The SMILES string of the molecule is Cc1ncc(CCC2CC(O[Si](C)(C)C(C)(C)C)CN2Cc2ccccc2)[nH]1. The molecule has 2 unspecified atom stereocenters. The van der Waals surface area contributed by atoms with E-state index < -0.39 is 8.32 Å². The number of rotatable bonds is 7. The van der Waals surface area contributed by atoms with Crippen molar-refractivity contribution in [3.63, 3.8) is 0 Å². The van der Waals surface area contributed by atoms with E-state index in [1.807, 2.05) is 13.1 Å². The molecule has 1 saturated heterocycles. The standard InChI is InChI=1S/C23H37N3OSi/c1-18-24-15-20(25-18)12-13-21-14-22(27-28(5,6)23(2,3)4)17-26(21)16-19-10-8-7-9-11-19/h7-11,15,21-22H,12-14,16-17H2,1-6H3,(H,24,25). The van der Waals surface area contributed by atoms with Crippen LogP contribution in [0, 0.1) is 6.92 Å². The third-order valence-electron chi connectivity index (χ3n) is 6.49. The van der Waals surface area contributed by atoms with Crippen LogP contribution in [0.15, 0.2) is 36.5 Å². The van der Waals surface area contributed by atoms with E-state index in [0.29, 0.717) is 12.1 Å². The molecular weight excluding hydrogens is 362 g/mol. The van der Waals surface area contributed by atoms with E-state index in [1.165, 1.54) is 11.3 Å². The summed E-state index contributed by atoms with van der Waals surface area (Å²) in [7, 11) is -1.75. The summed E-state index contributed by atoms with van der Waals surface area (Å²) in [5, 5.41) is 0.253. The van der Waals surface area contributed by atoms with Gasteiger partial charge in [0.05, 0.1) is 6.10 Å². The molecule has 1 aliphatic rings. The molecule has 2 aromatic rings. The normalized spacial score (nSPS) is 21.4. The van der Waals surface area contributed by atoms with Crippen molar-refractivity contribution in [3.8, 4) is 0 Å². The highest BCUT2D eigenvalue weighted by molar-refractivity contribution is 6.74. The van der Waals surface area contributed by atoms with Crippen LogP contribution in [0.4, 0.5) is 0 Å². The number of nitrogens with zero attached hydrogens (tertiary/aromatic N) is 2. The highest BCUT2D eigenvalue weighted by Gasteiger charge is 2.42. The van der Waals surface area contributed by atoms with Gasteiger partial charge in [0, 0.05) is 31.0 Å². The summed E-state index contributed by atoms with van der Waals surface area (Å²) >= 11 is 0. The molecule has 1 aliphatic heterocycles. The van der Waals surface area contributed by atoms with Crippen LogP contribution in [0.25, 0.3) is 0 Å². The summed E-state index contributed by atoms with van der Waals surface area (Å²) in [5.74, 6) is 1.00. The Bertz CT molecular complexity index is 751. The van der Waals surface area contributed by atoms with Gasteiger partial charge >= 0.3 is 0 Å². The zero-order valence-corrected chi connectivity index (χ0v) is 19.5. The maximum absolute atomic E-state index is 6.79. The van der Waals surface area contributed by atoms with Crippen molar-refractivity contribution in [2.24, 2.45) is 0 Å². The Balaban J connectivity index is 1.68. The van der Waals surface area contributed by atoms with Gasteiger partial charge in [0.1, 0.15) is 5.82 Å². The molecule has 3 rings (SSSR count). The van der Waals surface area contributed by atoms with Crippen molar-refractivity contribution < 1.29 is 4.43 Å². The third-order valence-corrected chi connectivity index (χ3v) is 11.0. The number of imidazole rings is 1. The fourth-order valence-corrected chi connectivity index (χ4v) is 5.21. The molecule has 4 nitrogen and oxygen atoms in total. The second-order valence-corrected chi connectivity index (χ2v) is 14.6. The zero-order valence-electron chi connectivity index (χ0n) is 18.5. The Morgan fingerprint density at radius 2 is 1.93 bits per heavy atom. The van der Waals surface area contributed by atoms with E-state index >= 15 is 0 Å². The van der Waals surface area contributed by atoms with Gasteiger partial charge in [-0.15, -0.1) is 0 Å². The van der Waals surface area contributed by atoms with Crippen LogP contribution in [0.1, 0.15) is 50.7 Å². The average molecular weight is 400 g/mol. The molecule has 0 aliphatic carbocycles. The minimum absolute atomic E-state index is 0.253. The van der Waals surface area contributed by atoms with E-state index in [0.717, 1.165) is 38.2 Å². The van der Waals surface area contributed by atoms with Crippen LogP contribution in [-0.4, -0.2) is 41.9 Å². The molecule has 0 amide bonds. The second-order valence-electron chi connectivity index (χ2n) is 9.84. The largest absolute Gasteiger partial charge is 0.413 e. The number of nitrogens with one attached hydrogen (secondary N) is 1. The first kappa shape index (κ1) is 21.3. The molecule has 2 heterocycles. The van der Waals surface area contributed by atoms with Gasteiger partial charge in [-0.25, -0.2) is 4.98 Å². The highest BCUT2D eigenvalue weighted by Crippen LogP contribution is 2.39. The average Bonchev–Trinajstić information content (AvgIpc) is 3.18. The number of aromatic nitrogens is 2. The van der Waals surface area contributed by atoms with Gasteiger partial charge in [0.25, 0.3) is 0 Å². The molecule has 28 heavy (non-hydrogen) atoms. The third kappa shape index (κ3) is 5.34. The van der Waals surface area contributed by atoms with E-state index in [9.17, 15) is 0 Å². The lowest BCUT2D eigenvalue weighted by molar-refractivity contribution is 0.176. The first-order valence-electron chi connectivity index (χ1n) is 10.6. The molecule has 5 heteroatoms. The molecule has 0 saturated carbocycles. The van der Waals surface area contributed by atoms with E-state index in [-0.39, 0.29) is 5.04 Å². The summed E-state index contributed by atoms with van der Waals surface area (Å²) in [6, 6.07) is 11.4. The van der Waals surface area contributed by atoms with E-state index in [4.69, 9.17) is 4.43 Å². The molecule has 1 aromatic carbocycles. The molecule has 2 atom stereocenters. The Hall–Kier alpha value is -1.43. The number of hydrogen-bond acceptors (Lipinski definition) is 3. The van der Waals surface area contributed by atoms with Crippen molar-refractivity contribution >= 4 is 8.32 Å². The number of benzene rings is 1. The lowest BCUT2D eigenvalue weighted by Gasteiger charge is -2.38. The molecule has 0 radical (unpaired) electrons. The quantitative estimate of drug-likeness (QED) is 0.641. The van der Waals surface area contributed by atoms with E-state index in [1.54, 1.807) is 0 Å². The topological polar surface area (TPSA) is 41.1 Å². The van der Waals surface area contributed by atoms with Crippen LogP contribution in [0.5, 0.6) is 0 Å². The zero-order chi connectivity index (χ0) is 20.4.